The summed E-state index contributed by atoms with van der Waals surface area (Å²) in [5.41, 5.74) is 0.251. The maximum absolute atomic E-state index is 14.5. The normalized spacial score (nSPS) is 11.1. The molecular formula is C21H12F2N2O3S. The highest BCUT2D eigenvalue weighted by Gasteiger charge is 2.23. The van der Waals surface area contributed by atoms with Crippen molar-refractivity contribution >= 4 is 26.8 Å². The first-order chi connectivity index (χ1) is 13.9. The molecule has 1 N–H and O–H groups in total. The molecule has 4 aromatic rings. The molecule has 0 saturated heterocycles. The molecule has 4 rings (SSSR count). The molecule has 0 saturated carbocycles. The molecule has 0 aliphatic carbocycles. The van der Waals surface area contributed by atoms with Crippen LogP contribution in [0.5, 0.6) is 0 Å². The molecule has 0 spiro atoms. The Bertz CT molecular complexity index is 1350. The van der Waals surface area contributed by atoms with Crippen molar-refractivity contribution in [2.75, 3.05) is 4.72 Å². The molecule has 1 heterocycles. The van der Waals surface area contributed by atoms with Crippen LogP contribution in [-0.4, -0.2) is 13.4 Å². The number of benzene rings is 3. The van der Waals surface area contributed by atoms with Crippen LogP contribution in [0.4, 0.5) is 14.5 Å². The van der Waals surface area contributed by atoms with Crippen molar-refractivity contribution in [2.45, 2.75) is 4.90 Å². The Morgan fingerprint density at radius 3 is 2.31 bits per heavy atom. The molecule has 29 heavy (non-hydrogen) atoms. The number of hydrogen-bond donors (Lipinski definition) is 1. The standard InChI is InChI=1S/C21H12F2N2O3S/c22-16-11-15(10-9-14-5-2-1-3-6-14)12-17(23)20(16)25-29(26,27)19-8-4-7-18-21(19)28-13-24-18/h1-8,11-13,25H. The predicted octanol–water partition coefficient (Wildman–Crippen LogP) is 4.31. The molecule has 0 aliphatic rings. The van der Waals surface area contributed by atoms with Gasteiger partial charge in [0.05, 0.1) is 0 Å². The first-order valence-electron chi connectivity index (χ1n) is 8.35. The van der Waals surface area contributed by atoms with E-state index < -0.39 is 27.3 Å². The van der Waals surface area contributed by atoms with Gasteiger partial charge in [-0.3, -0.25) is 4.72 Å². The van der Waals surface area contributed by atoms with Crippen molar-refractivity contribution in [1.29, 1.82) is 0 Å². The van der Waals surface area contributed by atoms with Gasteiger partial charge in [-0.1, -0.05) is 36.1 Å². The number of nitrogens with zero attached hydrogens (tertiary/aromatic N) is 1. The van der Waals surface area contributed by atoms with Crippen molar-refractivity contribution in [3.63, 3.8) is 0 Å². The topological polar surface area (TPSA) is 72.2 Å². The van der Waals surface area contributed by atoms with Crippen LogP contribution in [-0.2, 0) is 10.0 Å². The predicted molar refractivity (Wildman–Crippen MR) is 104 cm³/mol. The average molecular weight is 410 g/mol. The fourth-order valence-electron chi connectivity index (χ4n) is 2.67. The van der Waals surface area contributed by atoms with Gasteiger partial charge >= 0.3 is 0 Å². The van der Waals surface area contributed by atoms with Crippen LogP contribution in [0.15, 0.2) is 76.4 Å². The van der Waals surface area contributed by atoms with Crippen molar-refractivity contribution < 1.29 is 21.6 Å². The number of hydrogen-bond acceptors (Lipinski definition) is 4. The van der Waals surface area contributed by atoms with Crippen molar-refractivity contribution in [3.8, 4) is 11.8 Å². The Labute approximate surface area is 165 Å². The second kappa shape index (κ2) is 7.37. The minimum atomic E-state index is -4.32. The summed E-state index contributed by atoms with van der Waals surface area (Å²) in [5.74, 6) is 3.26. The minimum Gasteiger partial charge on any atom is -0.442 e. The van der Waals surface area contributed by atoms with Gasteiger partial charge in [0.2, 0.25) is 0 Å². The van der Waals surface area contributed by atoms with Gasteiger partial charge in [-0.25, -0.2) is 22.2 Å². The van der Waals surface area contributed by atoms with E-state index in [0.717, 1.165) is 18.5 Å². The first-order valence-corrected chi connectivity index (χ1v) is 9.83. The van der Waals surface area contributed by atoms with E-state index in [1.807, 2.05) is 10.8 Å². The van der Waals surface area contributed by atoms with Gasteiger partial charge in [0.15, 0.2) is 23.6 Å². The lowest BCUT2D eigenvalue weighted by Crippen LogP contribution is -2.15. The van der Waals surface area contributed by atoms with Gasteiger partial charge in [0.25, 0.3) is 10.0 Å². The summed E-state index contributed by atoms with van der Waals surface area (Å²) >= 11 is 0. The zero-order chi connectivity index (χ0) is 20.4. The Balaban J connectivity index is 1.68. The van der Waals surface area contributed by atoms with Crippen LogP contribution >= 0.6 is 0 Å². The molecule has 0 aliphatic heterocycles. The van der Waals surface area contributed by atoms with Gasteiger partial charge in [-0.2, -0.15) is 0 Å². The van der Waals surface area contributed by atoms with E-state index in [0.29, 0.717) is 11.1 Å². The fourth-order valence-corrected chi connectivity index (χ4v) is 3.90. The van der Waals surface area contributed by atoms with Gasteiger partial charge in [-0.05, 0) is 36.4 Å². The Kier molecular flexibility index (Phi) is 4.74. The highest BCUT2D eigenvalue weighted by molar-refractivity contribution is 7.93. The number of rotatable bonds is 3. The monoisotopic (exact) mass is 410 g/mol. The summed E-state index contributed by atoms with van der Waals surface area (Å²) in [4.78, 5) is 3.59. The SMILES string of the molecule is O=S(=O)(Nc1c(F)cc(C#Cc2ccccc2)cc1F)c1cccc2ncoc12. The summed E-state index contributed by atoms with van der Waals surface area (Å²) in [6, 6.07) is 15.1. The van der Waals surface area contributed by atoms with Crippen LogP contribution in [0.2, 0.25) is 0 Å². The summed E-state index contributed by atoms with van der Waals surface area (Å²) in [5, 5.41) is 0. The van der Waals surface area contributed by atoms with Crippen LogP contribution in [0.1, 0.15) is 11.1 Å². The van der Waals surface area contributed by atoms with E-state index in [1.165, 1.54) is 12.1 Å². The molecule has 144 valence electrons. The lowest BCUT2D eigenvalue weighted by Gasteiger charge is -2.10. The van der Waals surface area contributed by atoms with E-state index >= 15 is 0 Å². The van der Waals surface area contributed by atoms with Gasteiger partial charge < -0.3 is 4.42 Å². The molecule has 0 atom stereocenters. The number of aromatic nitrogens is 1. The third-order valence-electron chi connectivity index (χ3n) is 4.01. The minimum absolute atomic E-state index is 0.00818. The fraction of sp³-hybridized carbons (Fsp3) is 0. The number of sulfonamides is 1. The molecule has 8 heteroatoms. The highest BCUT2D eigenvalue weighted by Crippen LogP contribution is 2.27. The lowest BCUT2D eigenvalue weighted by molar-refractivity contribution is 0.576. The molecule has 0 fully saturated rings. The van der Waals surface area contributed by atoms with Crippen molar-refractivity contribution in [2.24, 2.45) is 0 Å². The molecule has 5 nitrogen and oxygen atoms in total. The third kappa shape index (κ3) is 3.81. The summed E-state index contributed by atoms with van der Waals surface area (Å²) in [7, 11) is -4.32. The number of anilines is 1. The number of para-hydroxylation sites is 1. The van der Waals surface area contributed by atoms with Gasteiger partial charge in [0, 0.05) is 11.1 Å². The van der Waals surface area contributed by atoms with E-state index in [4.69, 9.17) is 4.42 Å². The molecule has 0 amide bonds. The third-order valence-corrected chi connectivity index (χ3v) is 5.39. The quantitative estimate of drug-likeness (QED) is 0.511. The number of fused-ring (bicyclic) bond motifs is 1. The Morgan fingerprint density at radius 2 is 1.59 bits per heavy atom. The largest absolute Gasteiger partial charge is 0.442 e. The second-order valence-corrected chi connectivity index (χ2v) is 7.64. The van der Waals surface area contributed by atoms with Crippen LogP contribution in [0, 0.1) is 23.5 Å². The summed E-state index contributed by atoms with van der Waals surface area (Å²) in [6.07, 6.45) is 1.09. The molecule has 1 aromatic heterocycles. The zero-order valence-corrected chi connectivity index (χ0v) is 15.5. The number of halogens is 2. The first kappa shape index (κ1) is 18.7. The number of oxazole rings is 1. The number of nitrogens with one attached hydrogen (secondary N) is 1. The highest BCUT2D eigenvalue weighted by atomic mass is 32.2. The molecule has 3 aromatic carbocycles. The maximum atomic E-state index is 14.5. The van der Waals surface area contributed by atoms with E-state index in [9.17, 15) is 17.2 Å². The molecule has 0 bridgehead atoms. The van der Waals surface area contributed by atoms with Crippen molar-refractivity contribution in [1.82, 2.24) is 4.98 Å². The molecular weight excluding hydrogens is 398 g/mol. The van der Waals surface area contributed by atoms with E-state index in [2.05, 4.69) is 16.8 Å². The Hall–Kier alpha value is -3.70. The lowest BCUT2D eigenvalue weighted by atomic mass is 10.1. The molecule has 0 radical (unpaired) electrons. The van der Waals surface area contributed by atoms with Crippen LogP contribution in [0.3, 0.4) is 0 Å². The summed E-state index contributed by atoms with van der Waals surface area (Å²) in [6.45, 7) is 0. The average Bonchev–Trinajstić information content (AvgIpc) is 3.19. The maximum Gasteiger partial charge on any atom is 0.265 e. The zero-order valence-electron chi connectivity index (χ0n) is 14.7. The van der Waals surface area contributed by atoms with E-state index in [1.54, 1.807) is 30.3 Å². The van der Waals surface area contributed by atoms with Gasteiger partial charge in [-0.15, -0.1) is 0 Å². The van der Waals surface area contributed by atoms with Crippen LogP contribution < -0.4 is 4.72 Å². The second-order valence-electron chi connectivity index (χ2n) is 5.99. The van der Waals surface area contributed by atoms with Crippen molar-refractivity contribution in [3.05, 3.63) is 89.8 Å². The van der Waals surface area contributed by atoms with E-state index in [-0.39, 0.29) is 16.0 Å². The molecule has 0 unspecified atom stereocenters. The summed E-state index contributed by atoms with van der Waals surface area (Å²) < 4.78 is 61.3. The van der Waals surface area contributed by atoms with Crippen LogP contribution in [0.25, 0.3) is 11.1 Å². The smallest absolute Gasteiger partial charge is 0.265 e. The van der Waals surface area contributed by atoms with Gasteiger partial charge in [0.1, 0.15) is 16.1 Å². The Morgan fingerprint density at radius 1 is 0.897 bits per heavy atom.